The maximum absolute atomic E-state index is 6.39. The minimum absolute atomic E-state index is 0.145. The molecule has 2 unspecified atom stereocenters. The van der Waals surface area contributed by atoms with E-state index in [0.29, 0.717) is 0 Å². The SMILES string of the molecule is CCCC1(C)Oc2ccc(Cl)cc2C2CC(c3ccc(OC)cc3)=NN21. The molecular weight excluding hydrogens is 348 g/mol. The Morgan fingerprint density at radius 2 is 2.04 bits per heavy atom. The molecule has 2 aliphatic rings. The van der Waals surface area contributed by atoms with Crippen LogP contribution in [-0.2, 0) is 0 Å². The number of nitrogens with zero attached hydrogens (tertiary/aromatic N) is 2. The lowest BCUT2D eigenvalue weighted by molar-refractivity contribution is -0.111. The first kappa shape index (κ1) is 17.2. The quantitative estimate of drug-likeness (QED) is 0.721. The van der Waals surface area contributed by atoms with Gasteiger partial charge < -0.3 is 9.47 Å². The van der Waals surface area contributed by atoms with E-state index >= 15 is 0 Å². The van der Waals surface area contributed by atoms with Gasteiger partial charge in [-0.3, -0.25) is 0 Å². The molecule has 0 radical (unpaired) electrons. The fraction of sp³-hybridized carbons (Fsp3) is 0.381. The summed E-state index contributed by atoms with van der Waals surface area (Å²) >= 11 is 6.26. The first-order chi connectivity index (χ1) is 12.5. The second-order valence-corrected chi connectivity index (χ2v) is 7.49. The Hall–Kier alpha value is -2.20. The molecule has 2 aromatic rings. The van der Waals surface area contributed by atoms with Crippen LogP contribution in [-0.4, -0.2) is 23.6 Å². The summed E-state index contributed by atoms with van der Waals surface area (Å²) in [6.07, 6.45) is 2.77. The molecule has 0 aromatic heterocycles. The van der Waals surface area contributed by atoms with Gasteiger partial charge in [-0.25, -0.2) is 5.01 Å². The highest BCUT2D eigenvalue weighted by Crippen LogP contribution is 2.48. The zero-order valence-corrected chi connectivity index (χ0v) is 16.1. The number of benzene rings is 2. The number of rotatable bonds is 4. The van der Waals surface area contributed by atoms with Gasteiger partial charge >= 0.3 is 0 Å². The Morgan fingerprint density at radius 3 is 2.73 bits per heavy atom. The van der Waals surface area contributed by atoms with Crippen LogP contribution in [0.3, 0.4) is 0 Å². The number of methoxy groups -OCH3 is 1. The van der Waals surface area contributed by atoms with Crippen molar-refractivity contribution in [3.05, 3.63) is 58.6 Å². The van der Waals surface area contributed by atoms with Gasteiger partial charge in [0.15, 0.2) is 5.72 Å². The number of hydrogen-bond donors (Lipinski definition) is 0. The number of ether oxygens (including phenoxy) is 2. The van der Waals surface area contributed by atoms with Gasteiger partial charge in [0.05, 0.1) is 18.9 Å². The molecule has 0 aliphatic carbocycles. The van der Waals surface area contributed by atoms with Crippen LogP contribution in [0.4, 0.5) is 0 Å². The summed E-state index contributed by atoms with van der Waals surface area (Å²) in [5.74, 6) is 1.76. The molecule has 0 saturated heterocycles. The lowest BCUT2D eigenvalue weighted by atomic mass is 9.94. The molecule has 2 heterocycles. The van der Waals surface area contributed by atoms with E-state index in [2.05, 4.69) is 31.0 Å². The van der Waals surface area contributed by atoms with Gasteiger partial charge in [0.2, 0.25) is 0 Å². The van der Waals surface area contributed by atoms with E-state index in [1.165, 1.54) is 0 Å². The van der Waals surface area contributed by atoms with E-state index in [1.807, 2.05) is 30.3 Å². The molecule has 0 amide bonds. The normalized spacial score (nSPS) is 23.8. The van der Waals surface area contributed by atoms with E-state index in [-0.39, 0.29) is 6.04 Å². The molecule has 2 aromatic carbocycles. The Bertz CT molecular complexity index is 850. The predicted octanol–water partition coefficient (Wildman–Crippen LogP) is 5.41. The summed E-state index contributed by atoms with van der Waals surface area (Å²) in [5, 5.41) is 7.84. The van der Waals surface area contributed by atoms with Crippen molar-refractivity contribution in [2.45, 2.75) is 44.9 Å². The molecule has 4 rings (SSSR count). The van der Waals surface area contributed by atoms with Gasteiger partial charge in [-0.05, 0) is 55.0 Å². The highest BCUT2D eigenvalue weighted by molar-refractivity contribution is 6.30. The van der Waals surface area contributed by atoms with Crippen LogP contribution in [0.15, 0.2) is 47.6 Å². The zero-order chi connectivity index (χ0) is 18.3. The minimum Gasteiger partial charge on any atom is -0.497 e. The van der Waals surface area contributed by atoms with Crippen LogP contribution in [0.1, 0.15) is 50.3 Å². The largest absolute Gasteiger partial charge is 0.497 e. The highest BCUT2D eigenvalue weighted by atomic mass is 35.5. The molecule has 0 N–H and O–H groups in total. The van der Waals surface area contributed by atoms with E-state index in [4.69, 9.17) is 26.2 Å². The fourth-order valence-electron chi connectivity index (χ4n) is 3.93. The lowest BCUT2D eigenvalue weighted by Gasteiger charge is -2.45. The summed E-state index contributed by atoms with van der Waals surface area (Å²) in [4.78, 5) is 0. The van der Waals surface area contributed by atoms with Crippen molar-refractivity contribution in [2.75, 3.05) is 7.11 Å². The van der Waals surface area contributed by atoms with Crippen LogP contribution in [0.2, 0.25) is 5.02 Å². The maximum atomic E-state index is 6.39. The van der Waals surface area contributed by atoms with Gasteiger partial charge in [0.25, 0.3) is 0 Å². The molecule has 0 fully saturated rings. The number of fused-ring (bicyclic) bond motifs is 3. The molecule has 0 spiro atoms. The van der Waals surface area contributed by atoms with Crippen molar-refractivity contribution < 1.29 is 9.47 Å². The predicted molar refractivity (Wildman–Crippen MR) is 104 cm³/mol. The Morgan fingerprint density at radius 1 is 1.27 bits per heavy atom. The van der Waals surface area contributed by atoms with Crippen molar-refractivity contribution in [3.8, 4) is 11.5 Å². The standard InChI is InChI=1S/C21H23ClN2O2/c1-4-11-21(2)24-19(17-12-15(22)7-10-20(17)26-21)13-18(23-24)14-5-8-16(25-3)9-6-14/h5-10,12,19H,4,11,13H2,1-3H3. The average molecular weight is 371 g/mol. The maximum Gasteiger partial charge on any atom is 0.195 e. The summed E-state index contributed by atoms with van der Waals surface area (Å²) < 4.78 is 11.7. The minimum atomic E-state index is -0.450. The Balaban J connectivity index is 1.75. The van der Waals surface area contributed by atoms with Gasteiger partial charge in [-0.1, -0.05) is 24.9 Å². The second-order valence-electron chi connectivity index (χ2n) is 7.05. The third-order valence-corrected chi connectivity index (χ3v) is 5.43. The third-order valence-electron chi connectivity index (χ3n) is 5.19. The summed E-state index contributed by atoms with van der Waals surface area (Å²) in [7, 11) is 1.68. The molecule has 26 heavy (non-hydrogen) atoms. The van der Waals surface area contributed by atoms with Crippen molar-refractivity contribution >= 4 is 17.3 Å². The smallest absolute Gasteiger partial charge is 0.195 e. The highest BCUT2D eigenvalue weighted by Gasteiger charge is 2.47. The molecule has 5 heteroatoms. The lowest BCUT2D eigenvalue weighted by Crippen LogP contribution is -2.51. The van der Waals surface area contributed by atoms with E-state index in [9.17, 15) is 0 Å². The molecule has 136 valence electrons. The molecular formula is C21H23ClN2O2. The van der Waals surface area contributed by atoms with E-state index in [1.54, 1.807) is 7.11 Å². The van der Waals surface area contributed by atoms with Crippen molar-refractivity contribution in [2.24, 2.45) is 5.10 Å². The summed E-state index contributed by atoms with van der Waals surface area (Å²) in [6.45, 7) is 4.30. The third kappa shape index (κ3) is 2.82. The number of halogens is 1. The van der Waals surface area contributed by atoms with Crippen molar-refractivity contribution in [1.29, 1.82) is 0 Å². The van der Waals surface area contributed by atoms with Crippen molar-refractivity contribution in [1.82, 2.24) is 5.01 Å². The zero-order valence-electron chi connectivity index (χ0n) is 15.3. The van der Waals surface area contributed by atoms with Crippen molar-refractivity contribution in [3.63, 3.8) is 0 Å². The number of hydrazone groups is 1. The molecule has 0 saturated carbocycles. The molecule has 2 aliphatic heterocycles. The molecule has 0 bridgehead atoms. The Kier molecular flexibility index (Phi) is 4.31. The fourth-order valence-corrected chi connectivity index (χ4v) is 4.11. The van der Waals surface area contributed by atoms with Crippen LogP contribution < -0.4 is 9.47 Å². The number of hydrogen-bond acceptors (Lipinski definition) is 4. The first-order valence-corrected chi connectivity index (χ1v) is 9.41. The van der Waals surface area contributed by atoms with Gasteiger partial charge in [-0.2, -0.15) is 5.10 Å². The monoisotopic (exact) mass is 370 g/mol. The van der Waals surface area contributed by atoms with Crippen LogP contribution >= 0.6 is 11.6 Å². The van der Waals surface area contributed by atoms with Crippen LogP contribution in [0.25, 0.3) is 0 Å². The second kappa shape index (κ2) is 6.51. The van der Waals surface area contributed by atoms with Gasteiger partial charge in [-0.15, -0.1) is 0 Å². The average Bonchev–Trinajstić information content (AvgIpc) is 3.10. The van der Waals surface area contributed by atoms with Gasteiger partial charge in [0, 0.05) is 23.4 Å². The topological polar surface area (TPSA) is 34.1 Å². The summed E-state index contributed by atoms with van der Waals surface area (Å²) in [5.41, 5.74) is 2.84. The van der Waals surface area contributed by atoms with E-state index in [0.717, 1.165) is 52.6 Å². The van der Waals surface area contributed by atoms with Crippen LogP contribution in [0.5, 0.6) is 11.5 Å². The van der Waals surface area contributed by atoms with Crippen LogP contribution in [0, 0.1) is 0 Å². The van der Waals surface area contributed by atoms with Gasteiger partial charge in [0.1, 0.15) is 11.5 Å². The first-order valence-electron chi connectivity index (χ1n) is 9.04. The van der Waals surface area contributed by atoms with E-state index < -0.39 is 5.72 Å². The Labute approximate surface area is 159 Å². The molecule has 2 atom stereocenters. The molecule has 4 nitrogen and oxygen atoms in total. The summed E-state index contributed by atoms with van der Waals surface area (Å²) in [6, 6.07) is 14.1.